The lowest BCUT2D eigenvalue weighted by atomic mass is 9.51. The fourth-order valence-electron chi connectivity index (χ4n) is 9.48. The van der Waals surface area contributed by atoms with Crippen molar-refractivity contribution in [3.63, 3.8) is 0 Å². The van der Waals surface area contributed by atoms with Gasteiger partial charge in [-0.1, -0.05) is 19.4 Å². The molecule has 5 atom stereocenters. The number of H-pyrrole nitrogens is 2. The second-order valence-corrected chi connectivity index (χ2v) is 16.9. The summed E-state index contributed by atoms with van der Waals surface area (Å²) in [6.45, 7) is 18.2. The molecule has 3 N–H and O–H groups in total. The fraction of sp³-hybridized carbons (Fsp3) is 0.500. The number of Topliss-reactive ketones (excluding diaryl/α,β-unsaturated/α-hetero) is 1. The number of aromatic nitrogens is 8. The summed E-state index contributed by atoms with van der Waals surface area (Å²) in [6.07, 6.45) is 12.2. The van der Waals surface area contributed by atoms with E-state index in [1.54, 1.807) is 31.7 Å². The smallest absolute Gasteiger partial charge is 0.261 e. The van der Waals surface area contributed by atoms with E-state index in [0.29, 0.717) is 11.5 Å². The molecule has 1 saturated carbocycles. The molecule has 9 heterocycles. The Labute approximate surface area is 350 Å². The van der Waals surface area contributed by atoms with Crippen LogP contribution in [0.2, 0.25) is 0 Å². The number of hydrogen-bond acceptors (Lipinski definition) is 13. The Morgan fingerprint density at radius 2 is 1.48 bits per heavy atom. The number of ketones is 1. The van der Waals surface area contributed by atoms with E-state index in [0.717, 1.165) is 109 Å². The molecule has 16 nitrogen and oxygen atoms in total. The van der Waals surface area contributed by atoms with E-state index >= 15 is 0 Å². The topological polar surface area (TPSA) is 214 Å². The van der Waals surface area contributed by atoms with Crippen molar-refractivity contribution in [1.82, 2.24) is 45.0 Å². The van der Waals surface area contributed by atoms with Crippen molar-refractivity contribution in [1.29, 1.82) is 10.5 Å². The summed E-state index contributed by atoms with van der Waals surface area (Å²) in [7, 11) is 0. The Bertz CT molecular complexity index is 2520. The first-order valence-electron chi connectivity index (χ1n) is 20.7. The lowest BCUT2D eigenvalue weighted by Crippen LogP contribution is -2.65. The quantitative estimate of drug-likeness (QED) is 0.189. The number of anilines is 2. The summed E-state index contributed by atoms with van der Waals surface area (Å²) in [5.41, 5.74) is 6.21. The van der Waals surface area contributed by atoms with Crippen molar-refractivity contribution in [2.45, 2.75) is 79.2 Å². The van der Waals surface area contributed by atoms with Crippen LogP contribution in [0.15, 0.2) is 59.9 Å². The van der Waals surface area contributed by atoms with Crippen molar-refractivity contribution >= 4 is 51.1 Å². The highest BCUT2D eigenvalue weighted by molar-refractivity contribution is 5.95. The summed E-state index contributed by atoms with van der Waals surface area (Å²) in [5.74, 6) is 3.17. The first kappa shape index (κ1) is 41.9. The van der Waals surface area contributed by atoms with Gasteiger partial charge in [-0.05, 0) is 83.1 Å². The third-order valence-corrected chi connectivity index (χ3v) is 13.0. The molecule has 0 aromatic carbocycles. The van der Waals surface area contributed by atoms with Gasteiger partial charge in [-0.2, -0.15) is 15.6 Å². The SMILES string of the molecule is CC1=CC(C)=NC1.C[C@H]1CC(C(=O)CC#N)[C@]12CCN(c1ncnc3[nH]ccc13)C2.C[C@H]1CN[C@]12CCN(c1ncnc3[nH]ccc13)C2.Cc1cc(C)n(C(=O)CC#N)n1. The number of rotatable bonds is 5. The molecular weight excluding hydrogens is 757 g/mol. The standard InChI is InChI=1S/C17H19N5O.C13H17N5.C8H9N3O.C6H9N/c1-11-8-13(14(23)2-5-18)17(11)4-7-22(9-17)16-12-3-6-19-15(12)20-10-21-16;1-9-6-17-13(9)3-5-18(7-13)12-10-2-4-14-11(10)15-8-16-12;1-6-5-7(2)11(10-6)8(12)3-4-9;1-5-3-6(2)7-4-5/h3,6,10-11,13H,2,4,7-9H2,1H3,(H,19,20,21);2,4,8-9,17H,3,5-7H2,1H3,(H,14,15,16);5H,3H2,1-2H3;3H,4H2,1-2H3/t11-,13?,17-;9-,13-;;/m00../s1. The van der Waals surface area contributed by atoms with Gasteiger partial charge in [0.2, 0.25) is 0 Å². The van der Waals surface area contributed by atoms with Gasteiger partial charge in [0.15, 0.2) is 5.78 Å². The molecule has 0 radical (unpaired) electrons. The summed E-state index contributed by atoms with van der Waals surface area (Å²) in [6, 6.07) is 9.67. The van der Waals surface area contributed by atoms with Crippen LogP contribution in [0.3, 0.4) is 0 Å². The molecule has 2 spiro atoms. The summed E-state index contributed by atoms with van der Waals surface area (Å²) in [5, 5.41) is 26.8. The van der Waals surface area contributed by atoms with Gasteiger partial charge in [-0.25, -0.2) is 24.6 Å². The number of nitriles is 2. The van der Waals surface area contributed by atoms with Crippen molar-refractivity contribution in [2.75, 3.05) is 49.1 Å². The number of fused-ring (bicyclic) bond motifs is 2. The molecule has 0 amide bonds. The van der Waals surface area contributed by atoms with Crippen LogP contribution >= 0.6 is 0 Å². The van der Waals surface area contributed by atoms with E-state index in [-0.39, 0.29) is 35.9 Å². The lowest BCUT2D eigenvalue weighted by molar-refractivity contribution is -0.137. The number of carbonyl (C=O) groups is 2. The van der Waals surface area contributed by atoms with Gasteiger partial charge < -0.3 is 25.1 Å². The minimum Gasteiger partial charge on any atom is -0.355 e. The molecular formula is C44H54N14O2. The maximum atomic E-state index is 12.3. The van der Waals surface area contributed by atoms with Crippen molar-refractivity contribution < 1.29 is 9.59 Å². The average molecular weight is 811 g/mol. The van der Waals surface area contributed by atoms with Crippen LogP contribution in [-0.4, -0.2) is 102 Å². The largest absolute Gasteiger partial charge is 0.355 e. The van der Waals surface area contributed by atoms with Gasteiger partial charge in [0, 0.05) is 73.4 Å². The molecule has 10 rings (SSSR count). The number of aromatic amines is 2. The Kier molecular flexibility index (Phi) is 12.2. The summed E-state index contributed by atoms with van der Waals surface area (Å²) < 4.78 is 1.26. The molecule has 60 heavy (non-hydrogen) atoms. The van der Waals surface area contributed by atoms with Crippen LogP contribution in [0.1, 0.15) is 76.0 Å². The minimum atomic E-state index is -0.275. The average Bonchev–Trinajstić information content (AvgIpc) is 4.10. The van der Waals surface area contributed by atoms with Crippen molar-refractivity contribution in [3.05, 3.63) is 66.3 Å². The number of nitrogens with one attached hydrogen (secondary N) is 3. The van der Waals surface area contributed by atoms with Gasteiger partial charge in [-0.15, -0.1) is 0 Å². The summed E-state index contributed by atoms with van der Waals surface area (Å²) in [4.78, 5) is 55.9. The molecule has 16 heteroatoms. The zero-order chi connectivity index (χ0) is 42.6. The number of aryl methyl sites for hydroxylation is 2. The van der Waals surface area contributed by atoms with Gasteiger partial charge >= 0.3 is 0 Å². The second kappa shape index (κ2) is 17.5. The van der Waals surface area contributed by atoms with Crippen LogP contribution in [0.5, 0.6) is 0 Å². The zero-order valence-corrected chi connectivity index (χ0v) is 35.4. The Morgan fingerprint density at radius 3 is 1.95 bits per heavy atom. The monoisotopic (exact) mass is 810 g/mol. The maximum Gasteiger partial charge on any atom is 0.261 e. The molecule has 3 saturated heterocycles. The Balaban J connectivity index is 0.000000131. The summed E-state index contributed by atoms with van der Waals surface area (Å²) >= 11 is 0. The highest BCUT2D eigenvalue weighted by Gasteiger charge is 2.58. The Hall–Kier alpha value is -6.26. The van der Waals surface area contributed by atoms with Gasteiger partial charge in [0.05, 0.1) is 41.6 Å². The van der Waals surface area contributed by atoms with E-state index in [1.807, 2.05) is 38.4 Å². The van der Waals surface area contributed by atoms with Gasteiger partial charge in [0.25, 0.3) is 5.91 Å². The third kappa shape index (κ3) is 8.29. The first-order valence-corrected chi connectivity index (χ1v) is 20.7. The highest BCUT2D eigenvalue weighted by Crippen LogP contribution is 2.58. The van der Waals surface area contributed by atoms with Crippen LogP contribution in [-0.2, 0) is 4.79 Å². The molecule has 5 aliphatic rings. The zero-order valence-electron chi connectivity index (χ0n) is 35.4. The number of aliphatic imine (C=N–C) groups is 1. The Morgan fingerprint density at radius 1 is 0.850 bits per heavy atom. The van der Waals surface area contributed by atoms with E-state index in [9.17, 15) is 9.59 Å². The van der Waals surface area contributed by atoms with Crippen LogP contribution < -0.4 is 15.1 Å². The third-order valence-electron chi connectivity index (χ3n) is 13.0. The molecule has 5 aromatic heterocycles. The van der Waals surface area contributed by atoms with Gasteiger partial charge in [-0.3, -0.25) is 14.6 Å². The minimum absolute atomic E-state index is 0.0154. The lowest BCUT2D eigenvalue weighted by Gasteiger charge is -2.52. The van der Waals surface area contributed by atoms with Crippen molar-refractivity contribution in [2.24, 2.45) is 28.2 Å². The van der Waals surface area contributed by atoms with Crippen LogP contribution in [0.25, 0.3) is 22.1 Å². The van der Waals surface area contributed by atoms with Crippen LogP contribution in [0, 0.1) is 59.7 Å². The van der Waals surface area contributed by atoms with E-state index < -0.39 is 0 Å². The molecule has 312 valence electrons. The molecule has 1 aliphatic carbocycles. The predicted octanol–water partition coefficient (Wildman–Crippen LogP) is 5.90. The number of carbonyl (C=O) groups excluding carboxylic acids is 2. The van der Waals surface area contributed by atoms with E-state index in [4.69, 9.17) is 10.5 Å². The molecule has 4 fully saturated rings. The van der Waals surface area contributed by atoms with E-state index in [2.05, 4.69) is 88.0 Å². The van der Waals surface area contributed by atoms with Crippen LogP contribution in [0.4, 0.5) is 11.6 Å². The maximum absolute atomic E-state index is 12.3. The van der Waals surface area contributed by atoms with Gasteiger partial charge in [0.1, 0.15) is 42.0 Å². The molecule has 1 unspecified atom stereocenters. The predicted molar refractivity (Wildman–Crippen MR) is 231 cm³/mol. The fourth-order valence-corrected chi connectivity index (χ4v) is 9.48. The normalized spacial score (nSPS) is 24.8. The number of allylic oxidation sites excluding steroid dienone is 1. The van der Waals surface area contributed by atoms with E-state index in [1.165, 1.54) is 16.7 Å². The molecule has 4 aliphatic heterocycles. The van der Waals surface area contributed by atoms with Crippen molar-refractivity contribution in [3.8, 4) is 12.1 Å². The number of hydrogen-bond donors (Lipinski definition) is 3. The second-order valence-electron chi connectivity index (χ2n) is 16.9. The number of nitrogens with zero attached hydrogens (tertiary/aromatic N) is 11. The first-order chi connectivity index (χ1) is 28.9. The molecule has 0 bridgehead atoms. The molecule has 5 aromatic rings. The highest BCUT2D eigenvalue weighted by atomic mass is 16.2.